The molecule has 1 aromatic carbocycles. The van der Waals surface area contributed by atoms with Gasteiger partial charge in [0.05, 0.1) is 6.04 Å². The zero-order valence-corrected chi connectivity index (χ0v) is 14.8. The highest BCUT2D eigenvalue weighted by Gasteiger charge is 2.23. The minimum Gasteiger partial charge on any atom is -0.444 e. The van der Waals surface area contributed by atoms with E-state index >= 15 is 0 Å². The molecule has 0 spiro atoms. The molecule has 24 heavy (non-hydrogen) atoms. The molecular formula is C19H26N2O3. The Morgan fingerprint density at radius 1 is 1.33 bits per heavy atom. The van der Waals surface area contributed by atoms with E-state index in [4.69, 9.17) is 4.74 Å². The number of nitrogens with zero attached hydrogens (tertiary/aromatic N) is 1. The quantitative estimate of drug-likeness (QED) is 0.861. The molecular weight excluding hydrogens is 304 g/mol. The van der Waals surface area contributed by atoms with E-state index in [1.165, 1.54) is 11.6 Å². The average molecular weight is 330 g/mol. The van der Waals surface area contributed by atoms with Crippen LogP contribution in [0.2, 0.25) is 0 Å². The number of fused-ring (bicyclic) bond motifs is 1. The molecule has 5 nitrogen and oxygen atoms in total. The molecule has 0 saturated heterocycles. The highest BCUT2D eigenvalue weighted by atomic mass is 16.6. The van der Waals surface area contributed by atoms with Crippen molar-refractivity contribution in [2.24, 2.45) is 0 Å². The number of rotatable bonds is 4. The Bertz CT molecular complexity index is 632. The third-order valence-corrected chi connectivity index (χ3v) is 3.77. The zero-order valence-electron chi connectivity index (χ0n) is 14.8. The largest absolute Gasteiger partial charge is 0.444 e. The van der Waals surface area contributed by atoms with Crippen molar-refractivity contribution in [1.29, 1.82) is 0 Å². The summed E-state index contributed by atoms with van der Waals surface area (Å²) in [6.07, 6.45) is 4.35. The molecule has 0 radical (unpaired) electrons. The number of nitrogens with one attached hydrogen (secondary N) is 1. The van der Waals surface area contributed by atoms with E-state index in [2.05, 4.69) is 5.32 Å². The van der Waals surface area contributed by atoms with Crippen LogP contribution in [0.25, 0.3) is 0 Å². The molecule has 1 heterocycles. The molecule has 0 unspecified atom stereocenters. The van der Waals surface area contributed by atoms with Crippen LogP contribution < -0.4 is 10.2 Å². The van der Waals surface area contributed by atoms with Crippen molar-refractivity contribution in [2.75, 3.05) is 11.4 Å². The summed E-state index contributed by atoms with van der Waals surface area (Å²) in [6.45, 7) is 8.09. The van der Waals surface area contributed by atoms with Crippen LogP contribution in [0.5, 0.6) is 0 Å². The first kappa shape index (κ1) is 18.0. The van der Waals surface area contributed by atoms with Crippen molar-refractivity contribution in [1.82, 2.24) is 5.32 Å². The van der Waals surface area contributed by atoms with E-state index in [1.807, 2.05) is 52.0 Å². The second-order valence-electron chi connectivity index (χ2n) is 6.89. The van der Waals surface area contributed by atoms with E-state index in [1.54, 1.807) is 11.0 Å². The lowest BCUT2D eigenvalue weighted by atomic mass is 10.2. The SMILES string of the molecule is CC[C@@H](C=CC(=O)N1CCc2ccccc21)NC(=O)OC(C)(C)C. The Morgan fingerprint density at radius 2 is 2.04 bits per heavy atom. The molecule has 1 aromatic rings. The number of carbonyl (C=O) groups excluding carboxylic acids is 2. The van der Waals surface area contributed by atoms with Crippen molar-refractivity contribution in [3.8, 4) is 0 Å². The lowest BCUT2D eigenvalue weighted by molar-refractivity contribution is -0.114. The smallest absolute Gasteiger partial charge is 0.408 e. The first-order valence-corrected chi connectivity index (χ1v) is 8.37. The molecule has 2 rings (SSSR count). The van der Waals surface area contributed by atoms with Crippen molar-refractivity contribution < 1.29 is 14.3 Å². The number of anilines is 1. The number of alkyl carbamates (subject to hydrolysis) is 1. The molecule has 1 aliphatic heterocycles. The fourth-order valence-corrected chi connectivity index (χ4v) is 2.60. The molecule has 0 fully saturated rings. The summed E-state index contributed by atoms with van der Waals surface area (Å²) in [5.41, 5.74) is 1.62. The van der Waals surface area contributed by atoms with Crippen LogP contribution >= 0.6 is 0 Å². The maximum atomic E-state index is 12.4. The highest BCUT2D eigenvalue weighted by Crippen LogP contribution is 2.27. The van der Waals surface area contributed by atoms with Gasteiger partial charge in [0.15, 0.2) is 0 Å². The molecule has 1 N–H and O–H groups in total. The molecule has 130 valence electrons. The molecule has 0 aromatic heterocycles. The number of ether oxygens (including phenoxy) is 1. The average Bonchev–Trinajstić information content (AvgIpc) is 2.93. The van der Waals surface area contributed by atoms with Gasteiger partial charge in [-0.2, -0.15) is 0 Å². The summed E-state index contributed by atoms with van der Waals surface area (Å²) >= 11 is 0. The molecule has 5 heteroatoms. The number of hydrogen-bond donors (Lipinski definition) is 1. The minimum absolute atomic E-state index is 0.0654. The predicted octanol–water partition coefficient (Wildman–Crippen LogP) is 3.44. The van der Waals surface area contributed by atoms with Crippen LogP contribution in [0.4, 0.5) is 10.5 Å². The van der Waals surface area contributed by atoms with Gasteiger partial charge in [-0.25, -0.2) is 4.79 Å². The predicted molar refractivity (Wildman–Crippen MR) is 95.1 cm³/mol. The highest BCUT2D eigenvalue weighted by molar-refractivity contribution is 6.02. The number of para-hydroxylation sites is 1. The van der Waals surface area contributed by atoms with E-state index in [0.717, 1.165) is 12.1 Å². The van der Waals surface area contributed by atoms with Gasteiger partial charge in [0.1, 0.15) is 5.60 Å². The van der Waals surface area contributed by atoms with Gasteiger partial charge in [0.25, 0.3) is 5.91 Å². The molecule has 2 amide bonds. The minimum atomic E-state index is -0.541. The van der Waals surface area contributed by atoms with Crippen molar-refractivity contribution in [2.45, 2.75) is 52.2 Å². The fourth-order valence-electron chi connectivity index (χ4n) is 2.60. The first-order valence-electron chi connectivity index (χ1n) is 8.37. The van der Waals surface area contributed by atoms with Gasteiger partial charge in [-0.3, -0.25) is 4.79 Å². The number of benzene rings is 1. The van der Waals surface area contributed by atoms with Gasteiger partial charge in [0, 0.05) is 18.3 Å². The topological polar surface area (TPSA) is 58.6 Å². The van der Waals surface area contributed by atoms with E-state index in [9.17, 15) is 9.59 Å². The molecule has 1 atom stereocenters. The lowest BCUT2D eigenvalue weighted by Crippen LogP contribution is -2.38. The zero-order chi connectivity index (χ0) is 17.7. The van der Waals surface area contributed by atoms with Crippen LogP contribution in [0, 0.1) is 0 Å². The van der Waals surface area contributed by atoms with Gasteiger partial charge in [0.2, 0.25) is 0 Å². The second-order valence-corrected chi connectivity index (χ2v) is 6.89. The van der Waals surface area contributed by atoms with E-state index < -0.39 is 11.7 Å². The molecule has 1 aliphatic rings. The van der Waals surface area contributed by atoms with Crippen molar-refractivity contribution >= 4 is 17.7 Å². The van der Waals surface area contributed by atoms with Crippen molar-refractivity contribution in [3.05, 3.63) is 42.0 Å². The Hall–Kier alpha value is -2.30. The summed E-state index contributed by atoms with van der Waals surface area (Å²) in [5.74, 6) is -0.0654. The molecule has 0 saturated carbocycles. The maximum Gasteiger partial charge on any atom is 0.408 e. The maximum absolute atomic E-state index is 12.4. The first-order chi connectivity index (χ1) is 11.3. The van der Waals surface area contributed by atoms with Gasteiger partial charge in [-0.15, -0.1) is 0 Å². The van der Waals surface area contributed by atoms with E-state index in [0.29, 0.717) is 13.0 Å². The fraction of sp³-hybridized carbons (Fsp3) is 0.474. The number of hydrogen-bond acceptors (Lipinski definition) is 3. The van der Waals surface area contributed by atoms with Crippen LogP contribution in [0.3, 0.4) is 0 Å². The van der Waals surface area contributed by atoms with Gasteiger partial charge in [-0.05, 0) is 45.2 Å². The van der Waals surface area contributed by atoms with Crippen molar-refractivity contribution in [3.63, 3.8) is 0 Å². The molecule has 0 bridgehead atoms. The summed E-state index contributed by atoms with van der Waals surface area (Å²) in [5, 5.41) is 2.77. The summed E-state index contributed by atoms with van der Waals surface area (Å²) in [7, 11) is 0. The van der Waals surface area contributed by atoms with Crippen LogP contribution in [-0.2, 0) is 16.0 Å². The van der Waals surface area contributed by atoms with Crippen LogP contribution in [0.15, 0.2) is 36.4 Å². The summed E-state index contributed by atoms with van der Waals surface area (Å²) < 4.78 is 5.24. The lowest BCUT2D eigenvalue weighted by Gasteiger charge is -2.22. The monoisotopic (exact) mass is 330 g/mol. The van der Waals surface area contributed by atoms with Crippen LogP contribution in [0.1, 0.15) is 39.7 Å². The Kier molecular flexibility index (Phi) is 5.65. The Balaban J connectivity index is 1.96. The van der Waals surface area contributed by atoms with Gasteiger partial charge in [-0.1, -0.05) is 31.2 Å². The Labute approximate surface area is 143 Å². The third-order valence-electron chi connectivity index (χ3n) is 3.77. The summed E-state index contributed by atoms with van der Waals surface area (Å²) in [4.78, 5) is 26.0. The Morgan fingerprint density at radius 3 is 2.71 bits per heavy atom. The van der Waals surface area contributed by atoms with Crippen LogP contribution in [-0.4, -0.2) is 30.2 Å². The third kappa shape index (κ3) is 4.85. The standard InChI is InChI=1S/C19H26N2O3/c1-5-15(20-18(23)24-19(2,3)4)10-11-17(22)21-13-12-14-8-6-7-9-16(14)21/h6-11,15H,5,12-13H2,1-4H3,(H,20,23)/t15-/m0/s1. The van der Waals surface area contributed by atoms with Gasteiger partial charge < -0.3 is 15.0 Å². The van der Waals surface area contributed by atoms with Gasteiger partial charge >= 0.3 is 6.09 Å². The van der Waals surface area contributed by atoms with E-state index in [-0.39, 0.29) is 11.9 Å². The summed E-state index contributed by atoms with van der Waals surface area (Å²) in [6, 6.07) is 7.70. The number of carbonyl (C=O) groups is 2. The number of amides is 2. The normalized spacial score (nSPS) is 15.2. The molecule has 0 aliphatic carbocycles. The second kappa shape index (κ2) is 7.51.